The van der Waals surface area contributed by atoms with Crippen molar-refractivity contribution in [1.82, 2.24) is 9.80 Å². The molecule has 1 fully saturated rings. The summed E-state index contributed by atoms with van der Waals surface area (Å²) < 4.78 is 5.08. The molecule has 0 spiro atoms. The minimum Gasteiger partial charge on any atom is -0.480 e. The van der Waals surface area contributed by atoms with E-state index in [1.807, 2.05) is 0 Å². The Bertz CT molecular complexity index is 267. The van der Waals surface area contributed by atoms with Gasteiger partial charge in [0.15, 0.2) is 0 Å². The van der Waals surface area contributed by atoms with Gasteiger partial charge in [0, 0.05) is 34.2 Å². The first-order valence-corrected chi connectivity index (χ1v) is 4.71. The molecular formula is C9H16N2O4. The van der Waals surface area contributed by atoms with Crippen LogP contribution in [-0.4, -0.2) is 66.8 Å². The van der Waals surface area contributed by atoms with Gasteiger partial charge in [-0.1, -0.05) is 0 Å². The smallest absolute Gasteiger partial charge is 0.326 e. The summed E-state index contributed by atoms with van der Waals surface area (Å²) in [7, 11) is 4.72. The fourth-order valence-corrected chi connectivity index (χ4v) is 1.67. The molecule has 0 radical (unpaired) electrons. The summed E-state index contributed by atoms with van der Waals surface area (Å²) in [6.45, 7) is 0.338. The van der Waals surface area contributed by atoms with E-state index in [4.69, 9.17) is 9.84 Å². The maximum atomic E-state index is 11.7. The van der Waals surface area contributed by atoms with E-state index >= 15 is 0 Å². The predicted molar refractivity (Wildman–Crippen MR) is 52.6 cm³/mol. The van der Waals surface area contributed by atoms with E-state index in [2.05, 4.69) is 0 Å². The van der Waals surface area contributed by atoms with Gasteiger partial charge in [-0.15, -0.1) is 0 Å². The normalized spacial score (nSPS) is 25.4. The highest BCUT2D eigenvalue weighted by Crippen LogP contribution is 2.21. The van der Waals surface area contributed by atoms with Crippen LogP contribution in [-0.2, 0) is 9.53 Å². The number of amides is 2. The Hall–Kier alpha value is -1.30. The van der Waals surface area contributed by atoms with Crippen molar-refractivity contribution in [2.24, 2.45) is 0 Å². The molecule has 6 nitrogen and oxygen atoms in total. The number of carbonyl (C=O) groups excluding carboxylic acids is 1. The number of carbonyl (C=O) groups is 2. The van der Waals surface area contributed by atoms with Crippen molar-refractivity contribution in [1.29, 1.82) is 0 Å². The average molecular weight is 216 g/mol. The van der Waals surface area contributed by atoms with Crippen LogP contribution in [0.25, 0.3) is 0 Å². The lowest BCUT2D eigenvalue weighted by atomic mass is 10.2. The van der Waals surface area contributed by atoms with E-state index in [9.17, 15) is 9.59 Å². The zero-order chi connectivity index (χ0) is 11.6. The van der Waals surface area contributed by atoms with Crippen LogP contribution < -0.4 is 0 Å². The lowest BCUT2D eigenvalue weighted by molar-refractivity contribution is -0.141. The molecule has 0 aromatic carbocycles. The second-order valence-corrected chi connectivity index (χ2v) is 3.78. The van der Waals surface area contributed by atoms with E-state index < -0.39 is 12.0 Å². The van der Waals surface area contributed by atoms with Crippen molar-refractivity contribution in [3.8, 4) is 0 Å². The Balaban J connectivity index is 2.77. The molecule has 2 unspecified atom stereocenters. The van der Waals surface area contributed by atoms with Crippen molar-refractivity contribution < 1.29 is 19.4 Å². The fourth-order valence-electron chi connectivity index (χ4n) is 1.67. The number of nitrogens with zero attached hydrogens (tertiary/aromatic N) is 2. The van der Waals surface area contributed by atoms with Crippen LogP contribution in [0.4, 0.5) is 4.79 Å². The summed E-state index contributed by atoms with van der Waals surface area (Å²) in [6, 6.07) is -1.06. The molecule has 86 valence electrons. The van der Waals surface area contributed by atoms with Gasteiger partial charge in [0.25, 0.3) is 0 Å². The number of carboxylic acids is 1. The SMILES string of the molecule is COC1CC(C(=O)O)N(C(=O)N(C)C)C1. The van der Waals surface area contributed by atoms with Crippen molar-refractivity contribution in [2.75, 3.05) is 27.7 Å². The molecule has 1 aliphatic heterocycles. The molecule has 2 amide bonds. The Morgan fingerprint density at radius 1 is 1.47 bits per heavy atom. The van der Waals surface area contributed by atoms with Gasteiger partial charge >= 0.3 is 12.0 Å². The van der Waals surface area contributed by atoms with Crippen LogP contribution in [0.15, 0.2) is 0 Å². The van der Waals surface area contributed by atoms with Gasteiger partial charge in [-0.25, -0.2) is 9.59 Å². The topological polar surface area (TPSA) is 70.1 Å². The van der Waals surface area contributed by atoms with Gasteiger partial charge in [-0.05, 0) is 0 Å². The van der Waals surface area contributed by atoms with E-state index in [1.165, 1.54) is 16.9 Å². The molecule has 1 N–H and O–H groups in total. The number of hydrogen-bond acceptors (Lipinski definition) is 3. The summed E-state index contributed by atoms with van der Waals surface area (Å²) in [4.78, 5) is 25.3. The molecular weight excluding hydrogens is 200 g/mol. The van der Waals surface area contributed by atoms with Gasteiger partial charge in [-0.3, -0.25) is 0 Å². The van der Waals surface area contributed by atoms with Crippen LogP contribution in [0.2, 0.25) is 0 Å². The third-order valence-electron chi connectivity index (χ3n) is 2.51. The Morgan fingerprint density at radius 2 is 2.07 bits per heavy atom. The number of hydrogen-bond donors (Lipinski definition) is 1. The first kappa shape index (κ1) is 11.8. The molecule has 1 rings (SSSR count). The third-order valence-corrected chi connectivity index (χ3v) is 2.51. The highest BCUT2D eigenvalue weighted by atomic mass is 16.5. The Kier molecular flexibility index (Phi) is 3.52. The largest absolute Gasteiger partial charge is 0.480 e. The third kappa shape index (κ3) is 2.38. The number of methoxy groups -OCH3 is 1. The quantitative estimate of drug-likeness (QED) is 0.696. The number of likely N-dealkylation sites (tertiary alicyclic amines) is 1. The molecule has 1 heterocycles. The monoisotopic (exact) mass is 216 g/mol. The average Bonchev–Trinajstić information content (AvgIpc) is 2.60. The molecule has 0 aromatic heterocycles. The van der Waals surface area contributed by atoms with Crippen LogP contribution >= 0.6 is 0 Å². The van der Waals surface area contributed by atoms with E-state index in [1.54, 1.807) is 14.1 Å². The van der Waals surface area contributed by atoms with Crippen molar-refractivity contribution >= 4 is 12.0 Å². The number of rotatable bonds is 2. The van der Waals surface area contributed by atoms with Crippen molar-refractivity contribution in [2.45, 2.75) is 18.6 Å². The minimum atomic E-state index is -0.982. The highest BCUT2D eigenvalue weighted by Gasteiger charge is 2.40. The highest BCUT2D eigenvalue weighted by molar-refractivity contribution is 5.83. The summed E-state index contributed by atoms with van der Waals surface area (Å²) in [5, 5.41) is 8.96. The van der Waals surface area contributed by atoms with Gasteiger partial charge in [0.2, 0.25) is 0 Å². The number of carboxylic acid groups (broad SMARTS) is 1. The zero-order valence-electron chi connectivity index (χ0n) is 9.14. The van der Waals surface area contributed by atoms with Gasteiger partial charge < -0.3 is 19.6 Å². The zero-order valence-corrected chi connectivity index (χ0v) is 9.14. The lowest BCUT2D eigenvalue weighted by Crippen LogP contribution is -2.45. The second-order valence-electron chi connectivity index (χ2n) is 3.78. The first-order chi connectivity index (χ1) is 6.97. The van der Waals surface area contributed by atoms with Gasteiger partial charge in [0.05, 0.1) is 6.10 Å². The molecule has 6 heteroatoms. The van der Waals surface area contributed by atoms with Crippen molar-refractivity contribution in [3.63, 3.8) is 0 Å². The van der Waals surface area contributed by atoms with E-state index in [0.29, 0.717) is 13.0 Å². The number of aliphatic carboxylic acids is 1. The summed E-state index contributed by atoms with van der Waals surface area (Å²) >= 11 is 0. The van der Waals surface area contributed by atoms with Crippen LogP contribution in [0.5, 0.6) is 0 Å². The molecule has 15 heavy (non-hydrogen) atoms. The van der Waals surface area contributed by atoms with E-state index in [-0.39, 0.29) is 12.1 Å². The Labute approximate surface area is 88.4 Å². The molecule has 0 saturated carbocycles. The van der Waals surface area contributed by atoms with Crippen LogP contribution in [0.1, 0.15) is 6.42 Å². The maximum absolute atomic E-state index is 11.7. The first-order valence-electron chi connectivity index (χ1n) is 4.71. The van der Waals surface area contributed by atoms with Crippen LogP contribution in [0, 0.1) is 0 Å². The van der Waals surface area contributed by atoms with Gasteiger partial charge in [0.1, 0.15) is 6.04 Å². The summed E-state index contributed by atoms with van der Waals surface area (Å²) in [6.07, 6.45) is 0.167. The fraction of sp³-hybridized carbons (Fsp3) is 0.778. The molecule has 0 aliphatic carbocycles. The molecule has 0 aromatic rings. The van der Waals surface area contributed by atoms with Crippen LogP contribution in [0.3, 0.4) is 0 Å². The van der Waals surface area contributed by atoms with E-state index in [0.717, 1.165) is 0 Å². The predicted octanol–water partition coefficient (Wildman–Crippen LogP) is -0.158. The molecule has 0 bridgehead atoms. The second kappa shape index (κ2) is 4.48. The maximum Gasteiger partial charge on any atom is 0.326 e. The number of urea groups is 1. The number of ether oxygens (including phenoxy) is 1. The summed E-state index contributed by atoms with van der Waals surface area (Å²) in [5.41, 5.74) is 0. The van der Waals surface area contributed by atoms with Crippen molar-refractivity contribution in [3.05, 3.63) is 0 Å². The molecule has 1 aliphatic rings. The molecule has 1 saturated heterocycles. The van der Waals surface area contributed by atoms with Gasteiger partial charge in [-0.2, -0.15) is 0 Å². The molecule has 2 atom stereocenters. The Morgan fingerprint density at radius 3 is 2.47 bits per heavy atom. The standard InChI is InChI=1S/C9H16N2O4/c1-10(2)9(14)11-5-6(15-3)4-7(11)8(12)13/h6-7H,4-5H2,1-3H3,(H,12,13). The summed E-state index contributed by atoms with van der Waals surface area (Å²) in [5.74, 6) is -0.982. The minimum absolute atomic E-state index is 0.185. The lowest BCUT2D eigenvalue weighted by Gasteiger charge is -2.24.